The fraction of sp³-hybridized carbons (Fsp3) is 0.500. The molecule has 1 aliphatic carbocycles. The van der Waals surface area contributed by atoms with Crippen LogP contribution in [0.2, 0.25) is 0 Å². The molecule has 26 heavy (non-hydrogen) atoms. The number of nitrogens with one attached hydrogen (secondary N) is 2. The summed E-state index contributed by atoms with van der Waals surface area (Å²) in [6, 6.07) is 1.50. The molecule has 3 rings (SSSR count). The number of aromatic nitrogens is 4. The Balaban J connectivity index is 1.59. The first-order valence-electron chi connectivity index (χ1n) is 8.60. The molecule has 2 aromatic rings. The van der Waals surface area contributed by atoms with Crippen molar-refractivity contribution in [2.24, 2.45) is 0 Å². The number of nitrogens with zero attached hydrogens (tertiary/aromatic N) is 4. The quantitative estimate of drug-likeness (QED) is 0.761. The van der Waals surface area contributed by atoms with Crippen molar-refractivity contribution >= 4 is 15.9 Å². The highest BCUT2D eigenvalue weighted by Crippen LogP contribution is 2.24. The van der Waals surface area contributed by atoms with Gasteiger partial charge < -0.3 is 5.32 Å². The van der Waals surface area contributed by atoms with Gasteiger partial charge in [0.05, 0.1) is 5.25 Å². The number of sulfonamides is 1. The Morgan fingerprint density at radius 1 is 1.27 bits per heavy atom. The minimum atomic E-state index is -3.26. The molecule has 1 saturated carbocycles. The molecule has 0 bridgehead atoms. The van der Waals surface area contributed by atoms with Crippen LogP contribution in [0.15, 0.2) is 31.0 Å². The van der Waals surface area contributed by atoms with Crippen molar-refractivity contribution in [1.82, 2.24) is 29.6 Å². The molecule has 2 N–H and O–H groups in total. The van der Waals surface area contributed by atoms with Crippen LogP contribution in [0.25, 0.3) is 5.95 Å². The lowest BCUT2D eigenvalue weighted by Crippen LogP contribution is -2.43. The molecule has 10 heteroatoms. The van der Waals surface area contributed by atoms with Gasteiger partial charge in [0.15, 0.2) is 0 Å². The molecular formula is C16H22N6O3S. The molecule has 1 fully saturated rings. The third-order valence-corrected chi connectivity index (χ3v) is 6.44. The average Bonchev–Trinajstić information content (AvgIpc) is 3.17. The highest BCUT2D eigenvalue weighted by Gasteiger charge is 2.31. The summed E-state index contributed by atoms with van der Waals surface area (Å²) in [6.07, 6.45) is 8.70. The summed E-state index contributed by atoms with van der Waals surface area (Å²) in [6.45, 7) is 2.16. The van der Waals surface area contributed by atoms with Crippen molar-refractivity contribution in [3.05, 3.63) is 36.7 Å². The van der Waals surface area contributed by atoms with E-state index in [4.69, 9.17) is 0 Å². The van der Waals surface area contributed by atoms with Gasteiger partial charge in [-0.05, 0) is 31.7 Å². The maximum atomic E-state index is 12.5. The Labute approximate surface area is 152 Å². The second-order valence-corrected chi connectivity index (χ2v) is 8.25. The van der Waals surface area contributed by atoms with Gasteiger partial charge in [-0.1, -0.05) is 6.92 Å². The molecule has 9 nitrogen and oxygen atoms in total. The molecule has 0 unspecified atom stereocenters. The van der Waals surface area contributed by atoms with Crippen molar-refractivity contribution in [2.75, 3.05) is 6.54 Å². The van der Waals surface area contributed by atoms with Crippen LogP contribution in [0.3, 0.4) is 0 Å². The second kappa shape index (κ2) is 7.92. The zero-order valence-electron chi connectivity index (χ0n) is 14.5. The third kappa shape index (κ3) is 4.25. The molecule has 0 aliphatic heterocycles. The van der Waals surface area contributed by atoms with E-state index in [-0.39, 0.29) is 22.9 Å². The maximum absolute atomic E-state index is 12.5. The Hall–Kier alpha value is -2.33. The number of carbonyl (C=O) groups excluding carboxylic acids is 1. The van der Waals surface area contributed by atoms with Crippen LogP contribution in [-0.2, 0) is 10.0 Å². The van der Waals surface area contributed by atoms with Crippen molar-refractivity contribution < 1.29 is 13.2 Å². The van der Waals surface area contributed by atoms with Gasteiger partial charge in [-0.2, -0.15) is 0 Å². The first-order chi connectivity index (χ1) is 12.5. The highest BCUT2D eigenvalue weighted by atomic mass is 32.2. The monoisotopic (exact) mass is 378 g/mol. The second-order valence-electron chi connectivity index (χ2n) is 6.20. The number of hydrogen-bond donors (Lipinski definition) is 2. The van der Waals surface area contributed by atoms with Gasteiger partial charge >= 0.3 is 0 Å². The summed E-state index contributed by atoms with van der Waals surface area (Å²) < 4.78 is 28.3. The zero-order valence-corrected chi connectivity index (χ0v) is 15.3. The summed E-state index contributed by atoms with van der Waals surface area (Å²) >= 11 is 0. The lowest BCUT2D eigenvalue weighted by atomic mass is 9.95. The molecule has 0 radical (unpaired) electrons. The van der Waals surface area contributed by atoms with Crippen LogP contribution < -0.4 is 10.0 Å². The van der Waals surface area contributed by atoms with Crippen molar-refractivity contribution in [3.8, 4) is 5.95 Å². The van der Waals surface area contributed by atoms with Crippen LogP contribution in [0.5, 0.6) is 0 Å². The molecule has 0 spiro atoms. The fourth-order valence-electron chi connectivity index (χ4n) is 3.07. The average molecular weight is 378 g/mol. The number of rotatable bonds is 6. The summed E-state index contributed by atoms with van der Waals surface area (Å²) in [5, 5.41) is 2.56. The summed E-state index contributed by atoms with van der Waals surface area (Å²) in [7, 11) is -3.26. The molecule has 0 aromatic carbocycles. The first-order valence-corrected chi connectivity index (χ1v) is 10.1. The number of amides is 1. The van der Waals surface area contributed by atoms with Crippen molar-refractivity contribution in [3.63, 3.8) is 0 Å². The van der Waals surface area contributed by atoms with Gasteiger partial charge in [0.1, 0.15) is 12.0 Å². The highest BCUT2D eigenvalue weighted by molar-refractivity contribution is 7.90. The Morgan fingerprint density at radius 2 is 2.04 bits per heavy atom. The van der Waals surface area contributed by atoms with Crippen molar-refractivity contribution in [2.45, 2.75) is 43.9 Å². The predicted octanol–water partition coefficient (Wildman–Crippen LogP) is 0.643. The predicted molar refractivity (Wildman–Crippen MR) is 95.3 cm³/mol. The van der Waals surface area contributed by atoms with Gasteiger partial charge in [-0.15, -0.1) is 0 Å². The van der Waals surface area contributed by atoms with E-state index < -0.39 is 10.0 Å². The van der Waals surface area contributed by atoms with E-state index in [9.17, 15) is 13.2 Å². The van der Waals surface area contributed by atoms with E-state index >= 15 is 0 Å². The minimum absolute atomic E-state index is 0.0535. The van der Waals surface area contributed by atoms with E-state index in [0.717, 1.165) is 0 Å². The normalized spacial score (nSPS) is 20.7. The smallest absolute Gasteiger partial charge is 0.270 e. The molecule has 1 aliphatic rings. The number of imidazole rings is 1. The lowest BCUT2D eigenvalue weighted by Gasteiger charge is -2.28. The molecule has 2 aromatic heterocycles. The van der Waals surface area contributed by atoms with Gasteiger partial charge in [0.25, 0.3) is 5.91 Å². The molecule has 0 atom stereocenters. The van der Waals surface area contributed by atoms with Gasteiger partial charge in [-0.25, -0.2) is 28.1 Å². The molecule has 0 saturated heterocycles. The van der Waals surface area contributed by atoms with Crippen LogP contribution in [0.4, 0.5) is 0 Å². The van der Waals surface area contributed by atoms with Crippen molar-refractivity contribution in [1.29, 1.82) is 0 Å². The van der Waals surface area contributed by atoms with Crippen LogP contribution >= 0.6 is 0 Å². The first kappa shape index (κ1) is 18.5. The van der Waals surface area contributed by atoms with E-state index in [1.165, 1.54) is 6.20 Å². The van der Waals surface area contributed by atoms with Gasteiger partial charge in [0.2, 0.25) is 16.0 Å². The lowest BCUT2D eigenvalue weighted by molar-refractivity contribution is 0.0922. The van der Waals surface area contributed by atoms with E-state index in [0.29, 0.717) is 38.2 Å². The van der Waals surface area contributed by atoms with Crippen LogP contribution in [0, 0.1) is 0 Å². The number of hydrogen-bond acceptors (Lipinski definition) is 6. The molecule has 2 heterocycles. The van der Waals surface area contributed by atoms with E-state index in [2.05, 4.69) is 25.0 Å². The van der Waals surface area contributed by atoms with Gasteiger partial charge in [-0.3, -0.25) is 9.36 Å². The summed E-state index contributed by atoms with van der Waals surface area (Å²) in [5.41, 5.74) is 0.270. The molecule has 140 valence electrons. The summed E-state index contributed by atoms with van der Waals surface area (Å²) in [4.78, 5) is 24.8. The largest absolute Gasteiger partial charge is 0.348 e. The topological polar surface area (TPSA) is 119 Å². The Morgan fingerprint density at radius 3 is 2.69 bits per heavy atom. The standard InChI is InChI=1S/C16H22N6O3S/c1-2-19-26(24,25)13-5-3-12(4-6-13)20-15(23)14-7-8-18-16(21-14)22-10-9-17-11-22/h7-13,19H,2-6H2,1H3,(H,20,23). The Kier molecular flexibility index (Phi) is 5.62. The number of carbonyl (C=O) groups is 1. The minimum Gasteiger partial charge on any atom is -0.348 e. The Bertz CT molecular complexity index is 845. The molecule has 1 amide bonds. The zero-order chi connectivity index (χ0) is 18.6. The van der Waals surface area contributed by atoms with Gasteiger partial charge in [0, 0.05) is 31.2 Å². The fourth-order valence-corrected chi connectivity index (χ4v) is 4.60. The van der Waals surface area contributed by atoms with E-state index in [1.807, 2.05) is 0 Å². The molecular weight excluding hydrogens is 356 g/mol. The summed E-state index contributed by atoms with van der Waals surface area (Å²) in [5.74, 6) is 0.0855. The van der Waals surface area contributed by atoms with Crippen LogP contribution in [-0.4, -0.2) is 51.7 Å². The third-order valence-electron chi connectivity index (χ3n) is 4.40. The van der Waals surface area contributed by atoms with Crippen LogP contribution in [0.1, 0.15) is 43.1 Å². The maximum Gasteiger partial charge on any atom is 0.270 e. The van der Waals surface area contributed by atoms with E-state index in [1.54, 1.807) is 36.3 Å². The SMILES string of the molecule is CCNS(=O)(=O)C1CCC(NC(=O)c2ccnc(-n3ccnc3)n2)CC1.